The van der Waals surface area contributed by atoms with Crippen LogP contribution in [0.1, 0.15) is 16.3 Å². The third-order valence-electron chi connectivity index (χ3n) is 2.73. The minimum Gasteiger partial charge on any atom is -0.486 e. The molecule has 0 aliphatic carbocycles. The molecule has 6 heteroatoms. The van der Waals surface area contributed by atoms with Crippen molar-refractivity contribution in [3.63, 3.8) is 0 Å². The third-order valence-corrected chi connectivity index (χ3v) is 3.60. The number of carbonyl (C=O) groups is 1. The van der Waals surface area contributed by atoms with Crippen molar-refractivity contribution in [2.75, 3.05) is 0 Å². The lowest BCUT2D eigenvalue weighted by Gasteiger charge is -2.04. The van der Waals surface area contributed by atoms with Gasteiger partial charge in [0.2, 0.25) is 0 Å². The maximum atomic E-state index is 10.7. The van der Waals surface area contributed by atoms with Crippen LogP contribution in [0.4, 0.5) is 0 Å². The van der Waals surface area contributed by atoms with Crippen molar-refractivity contribution in [1.82, 2.24) is 4.98 Å². The number of thiazole rings is 1. The van der Waals surface area contributed by atoms with E-state index in [4.69, 9.17) is 15.6 Å². The standard InChI is InChI=1S/C14H16N2O3S/c1-9-2-4-11(5-3-9)19-7-13-16-10(8-20-13)6-12(15)14(17)18/h2-5,8,12H,6-7,15H2,1H3,(H,17,18). The molecule has 1 aromatic heterocycles. The second-order valence-corrected chi connectivity index (χ2v) is 5.43. The van der Waals surface area contributed by atoms with Crippen molar-refractivity contribution < 1.29 is 14.6 Å². The van der Waals surface area contributed by atoms with Crippen molar-refractivity contribution in [3.05, 3.63) is 45.9 Å². The minimum atomic E-state index is -1.02. The topological polar surface area (TPSA) is 85.4 Å². The van der Waals surface area contributed by atoms with Gasteiger partial charge < -0.3 is 15.6 Å². The van der Waals surface area contributed by atoms with Gasteiger partial charge in [-0.15, -0.1) is 11.3 Å². The first-order valence-electron chi connectivity index (χ1n) is 6.15. The van der Waals surface area contributed by atoms with E-state index in [1.165, 1.54) is 16.9 Å². The van der Waals surface area contributed by atoms with Gasteiger partial charge in [0.1, 0.15) is 23.4 Å². The summed E-state index contributed by atoms with van der Waals surface area (Å²) >= 11 is 1.44. The lowest BCUT2D eigenvalue weighted by atomic mass is 10.2. The second-order valence-electron chi connectivity index (χ2n) is 4.48. The largest absolute Gasteiger partial charge is 0.486 e. The summed E-state index contributed by atoms with van der Waals surface area (Å²) in [5.74, 6) is -0.231. The van der Waals surface area contributed by atoms with Crippen molar-refractivity contribution in [2.24, 2.45) is 5.73 Å². The highest BCUT2D eigenvalue weighted by Crippen LogP contribution is 2.16. The first kappa shape index (κ1) is 14.5. The molecule has 1 aromatic carbocycles. The second kappa shape index (κ2) is 6.49. The molecule has 20 heavy (non-hydrogen) atoms. The van der Waals surface area contributed by atoms with E-state index in [9.17, 15) is 4.79 Å². The number of ether oxygens (including phenoxy) is 1. The maximum Gasteiger partial charge on any atom is 0.320 e. The molecular weight excluding hydrogens is 276 g/mol. The minimum absolute atomic E-state index is 0.233. The first-order chi connectivity index (χ1) is 9.54. The molecule has 0 saturated carbocycles. The molecule has 1 unspecified atom stereocenters. The summed E-state index contributed by atoms with van der Waals surface area (Å²) in [6, 6.07) is 6.86. The van der Waals surface area contributed by atoms with E-state index in [0.29, 0.717) is 12.3 Å². The van der Waals surface area contributed by atoms with Gasteiger partial charge in [-0.05, 0) is 19.1 Å². The van der Waals surface area contributed by atoms with Crippen LogP contribution in [-0.4, -0.2) is 22.1 Å². The van der Waals surface area contributed by atoms with E-state index in [-0.39, 0.29) is 6.42 Å². The van der Waals surface area contributed by atoms with E-state index in [1.807, 2.05) is 36.6 Å². The molecule has 0 aliphatic heterocycles. The van der Waals surface area contributed by atoms with E-state index >= 15 is 0 Å². The summed E-state index contributed by atoms with van der Waals surface area (Å²) in [7, 11) is 0. The number of carboxylic acid groups (broad SMARTS) is 1. The predicted octanol–water partition coefficient (Wildman–Crippen LogP) is 1.98. The number of rotatable bonds is 6. The molecule has 0 bridgehead atoms. The quantitative estimate of drug-likeness (QED) is 0.850. The Morgan fingerprint density at radius 2 is 2.15 bits per heavy atom. The predicted molar refractivity (Wildman–Crippen MR) is 76.9 cm³/mol. The van der Waals surface area contributed by atoms with Crippen LogP contribution in [0, 0.1) is 6.92 Å². The lowest BCUT2D eigenvalue weighted by molar-refractivity contribution is -0.138. The van der Waals surface area contributed by atoms with Gasteiger partial charge in [-0.25, -0.2) is 4.98 Å². The van der Waals surface area contributed by atoms with Gasteiger partial charge >= 0.3 is 5.97 Å². The Morgan fingerprint density at radius 1 is 1.45 bits per heavy atom. The van der Waals surface area contributed by atoms with Crippen LogP contribution in [0.25, 0.3) is 0 Å². The Kier molecular flexibility index (Phi) is 4.70. The molecule has 1 atom stereocenters. The highest BCUT2D eigenvalue weighted by Gasteiger charge is 2.14. The number of nitrogens with two attached hydrogens (primary N) is 1. The van der Waals surface area contributed by atoms with Gasteiger partial charge in [0.25, 0.3) is 0 Å². The van der Waals surface area contributed by atoms with Crippen LogP contribution in [0.2, 0.25) is 0 Å². The average Bonchev–Trinajstić information content (AvgIpc) is 2.85. The molecule has 0 radical (unpaired) electrons. The van der Waals surface area contributed by atoms with Crippen LogP contribution in [0.5, 0.6) is 5.75 Å². The van der Waals surface area contributed by atoms with Gasteiger partial charge in [0.15, 0.2) is 0 Å². The molecule has 0 fully saturated rings. The van der Waals surface area contributed by atoms with Gasteiger partial charge in [-0.2, -0.15) is 0 Å². The molecule has 0 amide bonds. The number of hydrogen-bond donors (Lipinski definition) is 2. The molecule has 0 saturated heterocycles. The van der Waals surface area contributed by atoms with Crippen molar-refractivity contribution in [3.8, 4) is 5.75 Å². The van der Waals surface area contributed by atoms with E-state index < -0.39 is 12.0 Å². The fraction of sp³-hybridized carbons (Fsp3) is 0.286. The number of aliphatic carboxylic acids is 1. The fourth-order valence-corrected chi connectivity index (χ4v) is 2.32. The highest BCUT2D eigenvalue weighted by atomic mass is 32.1. The summed E-state index contributed by atoms with van der Waals surface area (Å²) < 4.78 is 5.61. The van der Waals surface area contributed by atoms with Crippen LogP contribution in [0.15, 0.2) is 29.6 Å². The maximum absolute atomic E-state index is 10.7. The van der Waals surface area contributed by atoms with Crippen LogP contribution < -0.4 is 10.5 Å². The van der Waals surface area contributed by atoms with Crippen LogP contribution in [0.3, 0.4) is 0 Å². The Bertz CT molecular complexity index is 580. The molecule has 0 aliphatic rings. The molecular formula is C14H16N2O3S. The summed E-state index contributed by atoms with van der Waals surface area (Å²) in [4.78, 5) is 15.0. The van der Waals surface area contributed by atoms with Gasteiger partial charge in [0.05, 0.1) is 5.69 Å². The normalized spacial score (nSPS) is 12.1. The van der Waals surface area contributed by atoms with Gasteiger partial charge in [0, 0.05) is 11.8 Å². The molecule has 1 heterocycles. The zero-order valence-electron chi connectivity index (χ0n) is 11.1. The molecule has 106 valence electrons. The Labute approximate surface area is 121 Å². The number of aryl methyl sites for hydroxylation is 1. The Morgan fingerprint density at radius 3 is 2.80 bits per heavy atom. The van der Waals surface area contributed by atoms with Crippen LogP contribution >= 0.6 is 11.3 Å². The number of nitrogens with zero attached hydrogens (tertiary/aromatic N) is 1. The lowest BCUT2D eigenvalue weighted by Crippen LogP contribution is -2.32. The van der Waals surface area contributed by atoms with Gasteiger partial charge in [-0.3, -0.25) is 4.79 Å². The molecule has 2 aromatic rings. The molecule has 5 nitrogen and oxygen atoms in total. The third kappa shape index (κ3) is 4.04. The summed E-state index contributed by atoms with van der Waals surface area (Å²) in [5, 5.41) is 11.4. The number of benzene rings is 1. The van der Waals surface area contributed by atoms with Crippen molar-refractivity contribution in [2.45, 2.75) is 26.0 Å². The summed E-state index contributed by atoms with van der Waals surface area (Å²) in [6.07, 6.45) is 0.233. The highest BCUT2D eigenvalue weighted by molar-refractivity contribution is 7.09. The summed E-state index contributed by atoms with van der Waals surface area (Å²) in [5.41, 5.74) is 7.34. The zero-order valence-corrected chi connectivity index (χ0v) is 11.9. The SMILES string of the molecule is Cc1ccc(OCc2nc(CC(N)C(=O)O)cs2)cc1. The zero-order chi connectivity index (χ0) is 14.5. The monoisotopic (exact) mass is 292 g/mol. The van der Waals surface area contributed by atoms with E-state index in [0.717, 1.165) is 10.8 Å². The molecule has 3 N–H and O–H groups in total. The van der Waals surface area contributed by atoms with Crippen molar-refractivity contribution >= 4 is 17.3 Å². The van der Waals surface area contributed by atoms with E-state index in [1.54, 1.807) is 0 Å². The van der Waals surface area contributed by atoms with Crippen molar-refractivity contribution in [1.29, 1.82) is 0 Å². The Balaban J connectivity index is 1.89. The van der Waals surface area contributed by atoms with Crippen LogP contribution in [-0.2, 0) is 17.8 Å². The number of aromatic nitrogens is 1. The summed E-state index contributed by atoms with van der Waals surface area (Å²) in [6.45, 7) is 2.39. The smallest absolute Gasteiger partial charge is 0.320 e. The Hall–Kier alpha value is -1.92. The molecule has 0 spiro atoms. The van der Waals surface area contributed by atoms with E-state index in [2.05, 4.69) is 4.98 Å². The number of hydrogen-bond acceptors (Lipinski definition) is 5. The molecule has 2 rings (SSSR count). The van der Waals surface area contributed by atoms with Gasteiger partial charge in [-0.1, -0.05) is 17.7 Å². The number of carboxylic acids is 1. The first-order valence-corrected chi connectivity index (χ1v) is 7.03. The average molecular weight is 292 g/mol. The fourth-order valence-electron chi connectivity index (χ4n) is 1.60.